The Labute approximate surface area is 102 Å². The standard InChI is InChI=1S/C10H12IN3O/c1-3-5-7(4-2)14-9-8(11)10(15)13-6-12-9/h2,6-7H,3,5H2,1H3,(H2,12,13,14,15). The van der Waals surface area contributed by atoms with Crippen LogP contribution < -0.4 is 10.9 Å². The van der Waals surface area contributed by atoms with Crippen LogP contribution in [-0.2, 0) is 0 Å². The fourth-order valence-electron chi connectivity index (χ4n) is 1.13. The van der Waals surface area contributed by atoms with E-state index < -0.39 is 0 Å². The minimum Gasteiger partial charge on any atom is -0.355 e. The highest BCUT2D eigenvalue weighted by atomic mass is 127. The van der Waals surface area contributed by atoms with Gasteiger partial charge in [0.25, 0.3) is 5.56 Å². The third-order valence-corrected chi connectivity index (χ3v) is 2.89. The molecular formula is C10H12IN3O. The number of anilines is 1. The number of nitrogens with zero attached hydrogens (tertiary/aromatic N) is 1. The number of aromatic nitrogens is 2. The molecular weight excluding hydrogens is 305 g/mol. The lowest BCUT2D eigenvalue weighted by Gasteiger charge is -2.12. The van der Waals surface area contributed by atoms with Crippen molar-refractivity contribution >= 4 is 28.4 Å². The highest BCUT2D eigenvalue weighted by molar-refractivity contribution is 14.1. The molecule has 0 aliphatic rings. The van der Waals surface area contributed by atoms with Gasteiger partial charge in [-0.05, 0) is 29.0 Å². The largest absolute Gasteiger partial charge is 0.355 e. The van der Waals surface area contributed by atoms with E-state index in [2.05, 4.69) is 28.1 Å². The lowest BCUT2D eigenvalue weighted by atomic mass is 10.2. The molecule has 0 saturated heterocycles. The first-order valence-corrected chi connectivity index (χ1v) is 5.72. The molecule has 1 unspecified atom stereocenters. The number of rotatable bonds is 4. The van der Waals surface area contributed by atoms with Crippen LogP contribution in [0.1, 0.15) is 19.8 Å². The van der Waals surface area contributed by atoms with Crippen molar-refractivity contribution in [1.82, 2.24) is 9.97 Å². The Balaban J connectivity index is 2.85. The zero-order valence-corrected chi connectivity index (χ0v) is 10.5. The third kappa shape index (κ3) is 3.23. The van der Waals surface area contributed by atoms with Gasteiger partial charge in [0.15, 0.2) is 0 Å². The van der Waals surface area contributed by atoms with Gasteiger partial charge in [0.2, 0.25) is 0 Å². The molecule has 80 valence electrons. The molecule has 1 aromatic heterocycles. The summed E-state index contributed by atoms with van der Waals surface area (Å²) in [5.74, 6) is 3.18. The first-order valence-electron chi connectivity index (χ1n) is 4.64. The highest BCUT2D eigenvalue weighted by Crippen LogP contribution is 2.11. The summed E-state index contributed by atoms with van der Waals surface area (Å²) in [5, 5.41) is 3.06. The van der Waals surface area contributed by atoms with E-state index in [0.717, 1.165) is 12.8 Å². The number of hydrogen-bond donors (Lipinski definition) is 2. The summed E-state index contributed by atoms with van der Waals surface area (Å²) in [4.78, 5) is 17.8. The SMILES string of the molecule is C#CC(CCC)Nc1nc[nH]c(=O)c1I. The second-order valence-electron chi connectivity index (χ2n) is 3.05. The van der Waals surface area contributed by atoms with Crippen LogP contribution in [-0.4, -0.2) is 16.0 Å². The quantitative estimate of drug-likeness (QED) is 0.655. The van der Waals surface area contributed by atoms with E-state index in [1.807, 2.05) is 22.6 Å². The molecule has 0 aliphatic carbocycles. The van der Waals surface area contributed by atoms with Crippen LogP contribution in [0.25, 0.3) is 0 Å². The summed E-state index contributed by atoms with van der Waals surface area (Å²) in [6, 6.07) is -0.0715. The van der Waals surface area contributed by atoms with E-state index in [1.165, 1.54) is 6.33 Å². The Bertz CT molecular complexity index is 421. The Morgan fingerprint density at radius 3 is 3.13 bits per heavy atom. The number of nitrogens with one attached hydrogen (secondary N) is 2. The van der Waals surface area contributed by atoms with Crippen molar-refractivity contribution in [1.29, 1.82) is 0 Å². The van der Waals surface area contributed by atoms with E-state index in [0.29, 0.717) is 9.39 Å². The molecule has 0 fully saturated rings. The molecule has 4 nitrogen and oxygen atoms in total. The molecule has 0 amide bonds. The first kappa shape index (κ1) is 12.0. The van der Waals surface area contributed by atoms with E-state index in [-0.39, 0.29) is 11.6 Å². The summed E-state index contributed by atoms with van der Waals surface area (Å²) < 4.78 is 0.534. The topological polar surface area (TPSA) is 57.8 Å². The van der Waals surface area contributed by atoms with Crippen molar-refractivity contribution in [2.45, 2.75) is 25.8 Å². The zero-order chi connectivity index (χ0) is 11.3. The van der Waals surface area contributed by atoms with Crippen LogP contribution in [0.4, 0.5) is 5.82 Å². The Kier molecular flexibility index (Phi) is 4.62. The normalized spacial score (nSPS) is 11.8. The van der Waals surface area contributed by atoms with Gasteiger partial charge in [0, 0.05) is 0 Å². The first-order chi connectivity index (χ1) is 7.19. The summed E-state index contributed by atoms with van der Waals surface area (Å²) in [7, 11) is 0. The fraction of sp³-hybridized carbons (Fsp3) is 0.400. The molecule has 5 heteroatoms. The number of aromatic amines is 1. The van der Waals surface area contributed by atoms with Crippen LogP contribution in [0, 0.1) is 15.9 Å². The average Bonchev–Trinajstić information content (AvgIpc) is 2.24. The molecule has 0 spiro atoms. The second-order valence-corrected chi connectivity index (χ2v) is 4.13. The molecule has 0 aromatic carbocycles. The molecule has 0 bridgehead atoms. The number of hydrogen-bond acceptors (Lipinski definition) is 3. The van der Waals surface area contributed by atoms with Crippen molar-refractivity contribution in [3.63, 3.8) is 0 Å². The van der Waals surface area contributed by atoms with Gasteiger partial charge in [-0.1, -0.05) is 19.3 Å². The molecule has 1 atom stereocenters. The minimum atomic E-state index is -0.152. The Morgan fingerprint density at radius 1 is 1.80 bits per heavy atom. The molecule has 1 heterocycles. The monoisotopic (exact) mass is 317 g/mol. The Morgan fingerprint density at radius 2 is 2.53 bits per heavy atom. The maximum absolute atomic E-state index is 11.3. The van der Waals surface area contributed by atoms with Crippen LogP contribution in [0.5, 0.6) is 0 Å². The van der Waals surface area contributed by atoms with Gasteiger partial charge in [0.1, 0.15) is 9.39 Å². The maximum Gasteiger partial charge on any atom is 0.266 e. The van der Waals surface area contributed by atoms with Crippen molar-refractivity contribution < 1.29 is 0 Å². The average molecular weight is 317 g/mol. The van der Waals surface area contributed by atoms with E-state index >= 15 is 0 Å². The molecule has 0 aliphatic heterocycles. The lowest BCUT2D eigenvalue weighted by Crippen LogP contribution is -2.22. The third-order valence-electron chi connectivity index (χ3n) is 1.89. The molecule has 0 radical (unpaired) electrons. The minimum absolute atomic E-state index is 0.0715. The van der Waals surface area contributed by atoms with Gasteiger partial charge in [0.05, 0.1) is 12.4 Å². The molecule has 15 heavy (non-hydrogen) atoms. The van der Waals surface area contributed by atoms with E-state index in [9.17, 15) is 4.79 Å². The highest BCUT2D eigenvalue weighted by Gasteiger charge is 2.09. The maximum atomic E-state index is 11.3. The van der Waals surface area contributed by atoms with Crippen LogP contribution in [0.3, 0.4) is 0 Å². The van der Waals surface area contributed by atoms with Crippen LogP contribution in [0.2, 0.25) is 0 Å². The van der Waals surface area contributed by atoms with E-state index in [4.69, 9.17) is 6.42 Å². The summed E-state index contributed by atoms with van der Waals surface area (Å²) in [5.41, 5.74) is -0.152. The van der Waals surface area contributed by atoms with Crippen molar-refractivity contribution in [2.24, 2.45) is 0 Å². The molecule has 2 N–H and O–H groups in total. The number of terminal acetylenes is 1. The van der Waals surface area contributed by atoms with Crippen molar-refractivity contribution in [3.05, 3.63) is 20.3 Å². The summed E-state index contributed by atoms with van der Waals surface area (Å²) in [6.07, 6.45) is 8.58. The molecule has 1 aromatic rings. The van der Waals surface area contributed by atoms with Gasteiger partial charge in [-0.25, -0.2) is 4.98 Å². The smallest absolute Gasteiger partial charge is 0.266 e. The van der Waals surface area contributed by atoms with Crippen LogP contribution in [0.15, 0.2) is 11.1 Å². The van der Waals surface area contributed by atoms with Gasteiger partial charge in [-0.3, -0.25) is 4.79 Å². The predicted octanol–water partition coefficient (Wildman–Crippen LogP) is 1.59. The predicted molar refractivity (Wildman–Crippen MR) is 68.7 cm³/mol. The second kappa shape index (κ2) is 5.75. The Hall–Kier alpha value is -1.03. The lowest BCUT2D eigenvalue weighted by molar-refractivity contribution is 0.751. The van der Waals surface area contributed by atoms with Crippen molar-refractivity contribution in [3.8, 4) is 12.3 Å². The number of halogens is 1. The van der Waals surface area contributed by atoms with Crippen LogP contribution >= 0.6 is 22.6 Å². The molecule has 1 rings (SSSR count). The summed E-state index contributed by atoms with van der Waals surface area (Å²) in [6.45, 7) is 2.06. The van der Waals surface area contributed by atoms with Gasteiger partial charge < -0.3 is 10.3 Å². The summed E-state index contributed by atoms with van der Waals surface area (Å²) >= 11 is 1.95. The number of H-pyrrole nitrogens is 1. The van der Waals surface area contributed by atoms with Gasteiger partial charge in [-0.2, -0.15) is 0 Å². The molecule has 0 saturated carbocycles. The van der Waals surface area contributed by atoms with Crippen molar-refractivity contribution in [2.75, 3.05) is 5.32 Å². The van der Waals surface area contributed by atoms with E-state index in [1.54, 1.807) is 0 Å². The fourth-order valence-corrected chi connectivity index (χ4v) is 1.59. The van der Waals surface area contributed by atoms with Gasteiger partial charge >= 0.3 is 0 Å². The zero-order valence-electron chi connectivity index (χ0n) is 8.38. The van der Waals surface area contributed by atoms with Gasteiger partial charge in [-0.15, -0.1) is 6.42 Å².